The summed E-state index contributed by atoms with van der Waals surface area (Å²) in [6.07, 6.45) is 1.58. The van der Waals surface area contributed by atoms with Gasteiger partial charge in [-0.1, -0.05) is 6.92 Å². The first-order valence-electron chi connectivity index (χ1n) is 4.43. The van der Waals surface area contributed by atoms with Crippen LogP contribution in [0, 0.1) is 0 Å². The number of nitrogens with one attached hydrogen (secondary N) is 1. The second-order valence-corrected chi connectivity index (χ2v) is 5.63. The monoisotopic (exact) mass is 223 g/mol. The second-order valence-electron chi connectivity index (χ2n) is 3.27. The third kappa shape index (κ3) is 4.06. The Labute approximate surface area is 84.4 Å². The first-order valence-corrected chi connectivity index (χ1v) is 6.38. The van der Waals surface area contributed by atoms with Gasteiger partial charge in [0.15, 0.2) is 9.84 Å². The van der Waals surface area contributed by atoms with Crippen LogP contribution in [0.3, 0.4) is 0 Å². The zero-order valence-corrected chi connectivity index (χ0v) is 9.47. The largest absolute Gasteiger partial charge is 0.394 e. The SMILES string of the molecule is CC[C@@H](CO)NC(=O)C(C)S(C)(=O)=O. The molecule has 14 heavy (non-hydrogen) atoms. The minimum absolute atomic E-state index is 0.182. The van der Waals surface area contributed by atoms with Crippen LogP contribution in [0.5, 0.6) is 0 Å². The van der Waals surface area contributed by atoms with Gasteiger partial charge in [-0.25, -0.2) is 8.42 Å². The van der Waals surface area contributed by atoms with Crippen LogP contribution in [0.2, 0.25) is 0 Å². The van der Waals surface area contributed by atoms with E-state index in [4.69, 9.17) is 5.11 Å². The van der Waals surface area contributed by atoms with Crippen LogP contribution >= 0.6 is 0 Å². The van der Waals surface area contributed by atoms with Crippen LogP contribution in [-0.2, 0) is 14.6 Å². The summed E-state index contributed by atoms with van der Waals surface area (Å²) in [6, 6.07) is -0.369. The zero-order valence-electron chi connectivity index (χ0n) is 8.65. The van der Waals surface area contributed by atoms with Crippen molar-refractivity contribution < 1.29 is 18.3 Å². The summed E-state index contributed by atoms with van der Waals surface area (Å²) in [5.74, 6) is -0.562. The molecule has 2 N–H and O–H groups in total. The summed E-state index contributed by atoms with van der Waals surface area (Å²) in [5.41, 5.74) is 0. The van der Waals surface area contributed by atoms with Gasteiger partial charge in [0.05, 0.1) is 12.6 Å². The van der Waals surface area contributed by atoms with E-state index in [-0.39, 0.29) is 12.6 Å². The minimum atomic E-state index is -3.36. The van der Waals surface area contributed by atoms with E-state index < -0.39 is 21.0 Å². The minimum Gasteiger partial charge on any atom is -0.394 e. The molecule has 2 atom stereocenters. The van der Waals surface area contributed by atoms with E-state index in [9.17, 15) is 13.2 Å². The molecule has 0 radical (unpaired) electrons. The Morgan fingerprint density at radius 1 is 1.50 bits per heavy atom. The Balaban J connectivity index is 4.35. The molecule has 84 valence electrons. The Hall–Kier alpha value is -0.620. The van der Waals surface area contributed by atoms with Crippen LogP contribution in [0.15, 0.2) is 0 Å². The summed E-state index contributed by atoms with van der Waals surface area (Å²) in [6.45, 7) is 2.94. The summed E-state index contributed by atoms with van der Waals surface area (Å²) in [4.78, 5) is 11.3. The van der Waals surface area contributed by atoms with Gasteiger partial charge in [0, 0.05) is 6.26 Å². The number of carbonyl (C=O) groups is 1. The van der Waals surface area contributed by atoms with Crippen molar-refractivity contribution >= 4 is 15.7 Å². The van der Waals surface area contributed by atoms with Gasteiger partial charge in [-0.15, -0.1) is 0 Å². The number of hydrogen-bond acceptors (Lipinski definition) is 4. The van der Waals surface area contributed by atoms with E-state index >= 15 is 0 Å². The molecule has 0 saturated heterocycles. The number of amides is 1. The molecule has 0 aromatic carbocycles. The Bertz CT molecular complexity index is 282. The smallest absolute Gasteiger partial charge is 0.238 e. The highest BCUT2D eigenvalue weighted by Gasteiger charge is 2.24. The molecule has 1 unspecified atom stereocenters. The Morgan fingerprint density at radius 2 is 2.00 bits per heavy atom. The molecule has 6 heteroatoms. The molecule has 0 saturated carbocycles. The fourth-order valence-corrected chi connectivity index (χ4v) is 1.25. The molecule has 5 nitrogen and oxygen atoms in total. The molecule has 0 aromatic heterocycles. The fourth-order valence-electron chi connectivity index (χ4n) is 0.790. The van der Waals surface area contributed by atoms with Crippen molar-refractivity contribution in [3.63, 3.8) is 0 Å². The van der Waals surface area contributed by atoms with Crippen molar-refractivity contribution in [3.8, 4) is 0 Å². The van der Waals surface area contributed by atoms with Crippen molar-refractivity contribution in [1.82, 2.24) is 5.32 Å². The molecular weight excluding hydrogens is 206 g/mol. The molecule has 0 aliphatic carbocycles. The highest BCUT2D eigenvalue weighted by Crippen LogP contribution is 1.99. The lowest BCUT2D eigenvalue weighted by molar-refractivity contribution is -0.121. The topological polar surface area (TPSA) is 83.5 Å². The van der Waals surface area contributed by atoms with E-state index in [1.54, 1.807) is 6.92 Å². The van der Waals surface area contributed by atoms with E-state index in [2.05, 4.69) is 5.32 Å². The molecule has 0 aromatic rings. The van der Waals surface area contributed by atoms with Gasteiger partial charge >= 0.3 is 0 Å². The average Bonchev–Trinajstić information content (AvgIpc) is 2.11. The van der Waals surface area contributed by atoms with Gasteiger partial charge < -0.3 is 10.4 Å². The lowest BCUT2D eigenvalue weighted by Crippen LogP contribution is -2.44. The van der Waals surface area contributed by atoms with Crippen LogP contribution in [0.1, 0.15) is 20.3 Å². The maximum absolute atomic E-state index is 11.3. The molecule has 0 aliphatic heterocycles. The lowest BCUT2D eigenvalue weighted by atomic mass is 10.2. The van der Waals surface area contributed by atoms with Gasteiger partial charge in [-0.3, -0.25) is 4.79 Å². The van der Waals surface area contributed by atoms with Gasteiger partial charge in [-0.05, 0) is 13.3 Å². The summed E-state index contributed by atoms with van der Waals surface area (Å²) in [5, 5.41) is 10.2. The Morgan fingerprint density at radius 3 is 2.29 bits per heavy atom. The average molecular weight is 223 g/mol. The third-order valence-electron chi connectivity index (χ3n) is 2.07. The number of carbonyl (C=O) groups excluding carboxylic acids is 1. The molecule has 0 bridgehead atoms. The van der Waals surface area contributed by atoms with Crippen LogP contribution in [-0.4, -0.2) is 43.6 Å². The lowest BCUT2D eigenvalue weighted by Gasteiger charge is -2.16. The standard InChI is InChI=1S/C8H17NO4S/c1-4-7(5-10)9-8(11)6(2)14(3,12)13/h6-7,10H,4-5H2,1-3H3,(H,9,11)/t6?,7-/m0/s1. The molecule has 0 spiro atoms. The van der Waals surface area contributed by atoms with Gasteiger partial charge in [0.1, 0.15) is 5.25 Å². The molecule has 0 heterocycles. The molecule has 1 amide bonds. The van der Waals surface area contributed by atoms with Gasteiger partial charge in [0.25, 0.3) is 0 Å². The van der Waals surface area contributed by atoms with Crippen molar-refractivity contribution in [2.24, 2.45) is 0 Å². The van der Waals surface area contributed by atoms with E-state index in [1.807, 2.05) is 0 Å². The highest BCUT2D eigenvalue weighted by atomic mass is 32.2. The predicted octanol–water partition coefficient (Wildman–Crippen LogP) is -0.693. The van der Waals surface area contributed by atoms with Crippen LogP contribution in [0.4, 0.5) is 0 Å². The quantitative estimate of drug-likeness (QED) is 0.646. The fraction of sp³-hybridized carbons (Fsp3) is 0.875. The number of aliphatic hydroxyl groups is 1. The molecular formula is C8H17NO4S. The van der Waals surface area contributed by atoms with Crippen molar-refractivity contribution in [2.45, 2.75) is 31.6 Å². The highest BCUT2D eigenvalue weighted by molar-refractivity contribution is 7.92. The maximum atomic E-state index is 11.3. The van der Waals surface area contributed by atoms with Crippen LogP contribution < -0.4 is 5.32 Å². The normalized spacial score (nSPS) is 16.0. The summed E-state index contributed by atoms with van der Waals surface area (Å²) >= 11 is 0. The van der Waals surface area contributed by atoms with E-state index in [0.717, 1.165) is 6.26 Å². The number of rotatable bonds is 5. The number of hydrogen-bond donors (Lipinski definition) is 2. The summed E-state index contributed by atoms with van der Waals surface area (Å²) < 4.78 is 22.0. The van der Waals surface area contributed by atoms with Crippen molar-refractivity contribution in [2.75, 3.05) is 12.9 Å². The van der Waals surface area contributed by atoms with E-state index in [0.29, 0.717) is 6.42 Å². The zero-order chi connectivity index (χ0) is 11.4. The summed E-state index contributed by atoms with van der Waals surface area (Å²) in [7, 11) is -3.36. The second kappa shape index (κ2) is 5.31. The number of sulfone groups is 1. The van der Waals surface area contributed by atoms with Crippen LogP contribution in [0.25, 0.3) is 0 Å². The molecule has 0 fully saturated rings. The number of aliphatic hydroxyl groups excluding tert-OH is 1. The van der Waals surface area contributed by atoms with Crippen molar-refractivity contribution in [3.05, 3.63) is 0 Å². The third-order valence-corrected chi connectivity index (χ3v) is 3.57. The van der Waals surface area contributed by atoms with E-state index in [1.165, 1.54) is 6.92 Å². The first kappa shape index (κ1) is 13.4. The first-order chi connectivity index (χ1) is 6.32. The maximum Gasteiger partial charge on any atom is 0.238 e. The Kier molecular flexibility index (Phi) is 5.07. The predicted molar refractivity (Wildman–Crippen MR) is 53.6 cm³/mol. The van der Waals surface area contributed by atoms with Gasteiger partial charge in [-0.2, -0.15) is 0 Å². The van der Waals surface area contributed by atoms with Crippen molar-refractivity contribution in [1.29, 1.82) is 0 Å². The molecule has 0 aliphatic rings. The van der Waals surface area contributed by atoms with Gasteiger partial charge in [0.2, 0.25) is 5.91 Å². The molecule has 0 rings (SSSR count).